The van der Waals surface area contributed by atoms with Crippen LogP contribution >= 0.6 is 23.1 Å². The Bertz CT molecular complexity index is 921. The number of hydrogen-bond donors (Lipinski definition) is 2. The van der Waals surface area contributed by atoms with Gasteiger partial charge in [-0.25, -0.2) is 15.0 Å². The second-order valence-electron chi connectivity index (χ2n) is 4.93. The summed E-state index contributed by atoms with van der Waals surface area (Å²) in [5.74, 6) is 0.493. The Kier molecular flexibility index (Phi) is 4.64. The number of aliphatic hydroxyl groups is 1. The van der Waals surface area contributed by atoms with Crippen LogP contribution in [0.25, 0.3) is 15.8 Å². The summed E-state index contributed by atoms with van der Waals surface area (Å²) in [6, 6.07) is 11.3. The van der Waals surface area contributed by atoms with Gasteiger partial charge in [0.2, 0.25) is 0 Å². The van der Waals surface area contributed by atoms with Gasteiger partial charge in [0, 0.05) is 11.8 Å². The minimum atomic E-state index is -0.0507. The molecule has 3 aromatic rings. The first-order valence-corrected chi connectivity index (χ1v) is 8.79. The highest BCUT2D eigenvalue weighted by Gasteiger charge is 2.14. The normalized spacial score (nSPS) is 12.0. The molecule has 0 spiro atoms. The van der Waals surface area contributed by atoms with Gasteiger partial charge in [0.15, 0.2) is 5.16 Å². The zero-order valence-electron chi connectivity index (χ0n) is 12.7. The van der Waals surface area contributed by atoms with Gasteiger partial charge < -0.3 is 10.8 Å². The zero-order chi connectivity index (χ0) is 17.1. The molecule has 0 aliphatic carbocycles. The predicted octanol–water partition coefficient (Wildman–Crippen LogP) is 3.56. The highest BCUT2D eigenvalue weighted by Crippen LogP contribution is 2.29. The van der Waals surface area contributed by atoms with E-state index in [-0.39, 0.29) is 17.1 Å². The first-order chi connectivity index (χ1) is 11.6. The maximum atomic E-state index is 10.3. The summed E-state index contributed by atoms with van der Waals surface area (Å²) < 4.78 is 0.968. The molecule has 120 valence electrons. The smallest absolute Gasteiger partial charge is 0.190 e. The zero-order valence-corrected chi connectivity index (χ0v) is 14.4. The Balaban J connectivity index is 1.86. The van der Waals surface area contributed by atoms with Gasteiger partial charge in [-0.05, 0) is 19.1 Å². The summed E-state index contributed by atoms with van der Waals surface area (Å²) in [6.45, 7) is 1.82. The molecule has 8 heteroatoms. The van der Waals surface area contributed by atoms with Crippen LogP contribution in [-0.2, 0) is 0 Å². The number of aryl methyl sites for hydroxylation is 1. The van der Waals surface area contributed by atoms with E-state index in [1.54, 1.807) is 6.07 Å². The van der Waals surface area contributed by atoms with Crippen molar-refractivity contribution in [1.82, 2.24) is 15.0 Å². The van der Waals surface area contributed by atoms with Crippen LogP contribution in [0.2, 0.25) is 0 Å². The highest BCUT2D eigenvalue weighted by molar-refractivity contribution is 7.99. The lowest BCUT2D eigenvalue weighted by molar-refractivity contribution is 0.420. The molecule has 0 fully saturated rings. The number of anilines is 1. The lowest BCUT2D eigenvalue weighted by atomic mass is 10.2. The van der Waals surface area contributed by atoms with Crippen molar-refractivity contribution in [3.8, 4) is 6.07 Å². The molecule has 3 rings (SSSR count). The van der Waals surface area contributed by atoms with Crippen molar-refractivity contribution in [2.24, 2.45) is 0 Å². The molecule has 0 aliphatic heterocycles. The molecule has 0 atom stereocenters. The summed E-state index contributed by atoms with van der Waals surface area (Å²) >= 11 is 2.59. The Morgan fingerprint density at radius 1 is 1.33 bits per heavy atom. The third-order valence-corrected chi connectivity index (χ3v) is 5.01. The fourth-order valence-electron chi connectivity index (χ4n) is 2.05. The number of fused-ring (bicyclic) bond motifs is 1. The van der Waals surface area contributed by atoms with Crippen LogP contribution in [0.15, 0.2) is 41.2 Å². The third kappa shape index (κ3) is 3.48. The molecule has 2 aromatic heterocycles. The number of para-hydroxylation sites is 1. The number of nitrogens with two attached hydrogens (primary N) is 1. The largest absolute Gasteiger partial charge is 0.510 e. The standard InChI is InChI=1S/C16H13N5OS2/c1-9-6-14(18)21-16(19-9)23-8-12(22)10(7-17)15-20-11-4-2-3-5-13(11)24-15/h2-6,22H,8H2,1H3,(H2,18,19,21)/b12-10-. The van der Waals surface area contributed by atoms with Crippen molar-refractivity contribution in [1.29, 1.82) is 5.26 Å². The summed E-state index contributed by atoms with van der Waals surface area (Å²) in [7, 11) is 0. The summed E-state index contributed by atoms with van der Waals surface area (Å²) in [5.41, 5.74) is 7.41. The van der Waals surface area contributed by atoms with Crippen molar-refractivity contribution >= 4 is 44.7 Å². The maximum Gasteiger partial charge on any atom is 0.190 e. The molecule has 0 bridgehead atoms. The molecule has 0 unspecified atom stereocenters. The van der Waals surface area contributed by atoms with Crippen molar-refractivity contribution in [3.63, 3.8) is 0 Å². The van der Waals surface area contributed by atoms with Crippen LogP contribution in [0.5, 0.6) is 0 Å². The number of hydrogen-bond acceptors (Lipinski definition) is 8. The van der Waals surface area contributed by atoms with Crippen LogP contribution in [0.1, 0.15) is 10.7 Å². The SMILES string of the molecule is Cc1cc(N)nc(SC/C(O)=C(\C#N)c2nc3ccccc3s2)n1. The van der Waals surface area contributed by atoms with Gasteiger partial charge in [0.1, 0.15) is 28.2 Å². The second-order valence-corrected chi connectivity index (χ2v) is 6.90. The monoisotopic (exact) mass is 355 g/mol. The fourth-order valence-corrected chi connectivity index (χ4v) is 3.82. The quantitative estimate of drug-likeness (QED) is 0.319. The predicted molar refractivity (Wildman–Crippen MR) is 96.7 cm³/mol. The molecule has 2 heterocycles. The summed E-state index contributed by atoms with van der Waals surface area (Å²) in [5, 5.41) is 20.7. The number of aliphatic hydroxyl groups excluding tert-OH is 1. The first-order valence-electron chi connectivity index (χ1n) is 6.99. The lowest BCUT2D eigenvalue weighted by Gasteiger charge is -2.03. The van der Waals surface area contributed by atoms with Crippen molar-refractivity contribution in [2.45, 2.75) is 12.1 Å². The first kappa shape index (κ1) is 16.2. The number of rotatable bonds is 4. The van der Waals surface area contributed by atoms with E-state index < -0.39 is 0 Å². The van der Waals surface area contributed by atoms with E-state index in [1.807, 2.05) is 37.3 Å². The number of nitrogens with zero attached hydrogens (tertiary/aromatic N) is 4. The Hall–Kier alpha value is -2.63. The molecule has 3 N–H and O–H groups in total. The van der Waals surface area contributed by atoms with E-state index in [9.17, 15) is 10.4 Å². The molecule has 0 amide bonds. The molecule has 0 radical (unpaired) electrons. The van der Waals surface area contributed by atoms with E-state index in [4.69, 9.17) is 5.73 Å². The van der Waals surface area contributed by atoms with Gasteiger partial charge in [-0.1, -0.05) is 23.9 Å². The molecular formula is C16H13N5OS2. The topological polar surface area (TPSA) is 109 Å². The van der Waals surface area contributed by atoms with Gasteiger partial charge in [0.05, 0.1) is 16.0 Å². The Labute approximate surface area is 146 Å². The molecule has 24 heavy (non-hydrogen) atoms. The summed E-state index contributed by atoms with van der Waals surface area (Å²) in [4.78, 5) is 12.7. The van der Waals surface area contributed by atoms with Crippen LogP contribution in [0.3, 0.4) is 0 Å². The van der Waals surface area contributed by atoms with E-state index in [0.29, 0.717) is 16.0 Å². The van der Waals surface area contributed by atoms with Crippen LogP contribution in [-0.4, -0.2) is 25.8 Å². The van der Waals surface area contributed by atoms with Gasteiger partial charge in [-0.15, -0.1) is 11.3 Å². The second kappa shape index (κ2) is 6.86. The van der Waals surface area contributed by atoms with E-state index in [0.717, 1.165) is 15.9 Å². The molecule has 1 aromatic carbocycles. The van der Waals surface area contributed by atoms with E-state index >= 15 is 0 Å². The molecule has 0 aliphatic rings. The van der Waals surface area contributed by atoms with Crippen molar-refractivity contribution < 1.29 is 5.11 Å². The Morgan fingerprint density at radius 3 is 2.83 bits per heavy atom. The van der Waals surface area contributed by atoms with Crippen LogP contribution < -0.4 is 5.73 Å². The average Bonchev–Trinajstić information content (AvgIpc) is 2.96. The number of allylic oxidation sites excluding steroid dienone is 1. The number of nitriles is 1. The van der Waals surface area contributed by atoms with Crippen LogP contribution in [0, 0.1) is 18.3 Å². The van der Waals surface area contributed by atoms with Gasteiger partial charge in [0.25, 0.3) is 0 Å². The third-order valence-electron chi connectivity index (χ3n) is 3.10. The minimum absolute atomic E-state index is 0.0507. The Morgan fingerprint density at radius 2 is 2.12 bits per heavy atom. The van der Waals surface area contributed by atoms with E-state index in [1.165, 1.54) is 23.1 Å². The molecular weight excluding hydrogens is 342 g/mol. The highest BCUT2D eigenvalue weighted by atomic mass is 32.2. The van der Waals surface area contributed by atoms with Crippen LogP contribution in [0.4, 0.5) is 5.82 Å². The fraction of sp³-hybridized carbons (Fsp3) is 0.125. The van der Waals surface area contributed by atoms with Crippen molar-refractivity contribution in [2.75, 3.05) is 11.5 Å². The van der Waals surface area contributed by atoms with E-state index in [2.05, 4.69) is 15.0 Å². The molecule has 0 saturated carbocycles. The van der Waals surface area contributed by atoms with Crippen molar-refractivity contribution in [3.05, 3.63) is 46.8 Å². The lowest BCUT2D eigenvalue weighted by Crippen LogP contribution is -1.98. The molecule has 0 saturated heterocycles. The average molecular weight is 355 g/mol. The number of aromatic nitrogens is 3. The number of thiazole rings is 1. The number of nitrogen functional groups attached to an aromatic ring is 1. The van der Waals surface area contributed by atoms with Gasteiger partial charge in [-0.2, -0.15) is 5.26 Å². The van der Waals surface area contributed by atoms with Gasteiger partial charge >= 0.3 is 0 Å². The number of thioether (sulfide) groups is 1. The number of benzene rings is 1. The summed E-state index contributed by atoms with van der Waals surface area (Å²) in [6.07, 6.45) is 0. The minimum Gasteiger partial charge on any atom is -0.510 e. The maximum absolute atomic E-state index is 10.3. The molecule has 6 nitrogen and oxygen atoms in total. The van der Waals surface area contributed by atoms with Gasteiger partial charge in [-0.3, -0.25) is 0 Å².